The molecule has 2 aromatic rings. The molecule has 1 aliphatic rings. The van der Waals surface area contributed by atoms with Gasteiger partial charge in [0.2, 0.25) is 0 Å². The first-order valence-corrected chi connectivity index (χ1v) is 8.90. The maximum absolute atomic E-state index is 11.7. The molecule has 8 nitrogen and oxygen atoms in total. The van der Waals surface area contributed by atoms with E-state index in [1.807, 2.05) is 17.0 Å². The fraction of sp³-hybridized carbons (Fsp3) is 0.500. The number of allylic oxidation sites excluding steroid dienone is 1. The molecule has 0 aromatic carbocycles. The van der Waals surface area contributed by atoms with E-state index in [0.717, 1.165) is 44.8 Å². The summed E-state index contributed by atoms with van der Waals surface area (Å²) in [6.45, 7) is 8.58. The van der Waals surface area contributed by atoms with Gasteiger partial charge in [0.25, 0.3) is 0 Å². The smallest absolute Gasteiger partial charge is 0.317 e. The van der Waals surface area contributed by atoms with Gasteiger partial charge in [0, 0.05) is 52.0 Å². The molecule has 0 spiro atoms. The Labute approximate surface area is 154 Å². The molecule has 0 bridgehead atoms. The van der Waals surface area contributed by atoms with Crippen LogP contribution in [-0.2, 0) is 32.7 Å². The Bertz CT molecular complexity index is 761. The van der Waals surface area contributed by atoms with Crippen LogP contribution >= 0.6 is 0 Å². The van der Waals surface area contributed by atoms with Gasteiger partial charge in [0.1, 0.15) is 0 Å². The van der Waals surface area contributed by atoms with E-state index in [1.165, 1.54) is 16.2 Å². The van der Waals surface area contributed by atoms with Crippen LogP contribution in [0.2, 0.25) is 0 Å². The quantitative estimate of drug-likeness (QED) is 0.794. The second-order valence-electron chi connectivity index (χ2n) is 6.83. The Morgan fingerprint density at radius 3 is 3.04 bits per heavy atom. The lowest BCUT2D eigenvalue weighted by atomic mass is 10.3. The van der Waals surface area contributed by atoms with Crippen molar-refractivity contribution in [3.63, 3.8) is 0 Å². The molecule has 3 rings (SSSR count). The van der Waals surface area contributed by atoms with E-state index in [0.29, 0.717) is 6.54 Å². The summed E-state index contributed by atoms with van der Waals surface area (Å²) in [5.41, 5.74) is 3.30. The zero-order valence-corrected chi connectivity index (χ0v) is 15.6. The van der Waals surface area contributed by atoms with Crippen LogP contribution in [0, 0.1) is 0 Å². The molecule has 0 saturated carbocycles. The van der Waals surface area contributed by atoms with E-state index < -0.39 is 0 Å². The Morgan fingerprint density at radius 2 is 2.27 bits per heavy atom. The predicted molar refractivity (Wildman–Crippen MR) is 99.3 cm³/mol. The van der Waals surface area contributed by atoms with Crippen LogP contribution in [0.5, 0.6) is 0 Å². The van der Waals surface area contributed by atoms with Crippen LogP contribution in [-0.4, -0.2) is 56.0 Å². The number of rotatable bonds is 6. The third-order valence-electron chi connectivity index (χ3n) is 4.38. The van der Waals surface area contributed by atoms with Crippen LogP contribution in [0.15, 0.2) is 31.1 Å². The molecule has 26 heavy (non-hydrogen) atoms. The van der Waals surface area contributed by atoms with Gasteiger partial charge in [-0.1, -0.05) is 6.08 Å². The zero-order valence-electron chi connectivity index (χ0n) is 15.6. The molecular weight excluding hydrogens is 330 g/mol. The topological polar surface area (TPSA) is 71.2 Å². The van der Waals surface area contributed by atoms with E-state index in [-0.39, 0.29) is 6.03 Å². The Morgan fingerprint density at radius 1 is 1.42 bits per heavy atom. The first-order valence-electron chi connectivity index (χ1n) is 8.90. The summed E-state index contributed by atoms with van der Waals surface area (Å²) < 4.78 is 3.97. The molecule has 140 valence electrons. The molecular formula is C18H27N7O. The Balaban J connectivity index is 1.61. The van der Waals surface area contributed by atoms with E-state index in [4.69, 9.17) is 0 Å². The van der Waals surface area contributed by atoms with Gasteiger partial charge in [0.05, 0.1) is 30.7 Å². The molecule has 8 heteroatoms. The maximum Gasteiger partial charge on any atom is 0.317 e. The monoisotopic (exact) mass is 357 g/mol. The van der Waals surface area contributed by atoms with Crippen molar-refractivity contribution in [3.05, 3.63) is 48.1 Å². The van der Waals surface area contributed by atoms with E-state index in [9.17, 15) is 4.79 Å². The number of carbonyl (C=O) groups is 1. The third-order valence-corrected chi connectivity index (χ3v) is 4.38. The summed E-state index contributed by atoms with van der Waals surface area (Å²) in [6, 6.07) is 1.99. The molecule has 1 aliphatic heterocycles. The molecule has 2 aromatic heterocycles. The summed E-state index contributed by atoms with van der Waals surface area (Å²) in [6.07, 6.45) is 6.90. The number of nitrogens with one attached hydrogen (secondary N) is 1. The Kier molecular flexibility index (Phi) is 5.72. The Hall–Kier alpha value is -2.61. The minimum atomic E-state index is -0.105. The molecule has 0 fully saturated rings. The molecule has 0 saturated heterocycles. The lowest BCUT2D eigenvalue weighted by Crippen LogP contribution is -2.34. The molecule has 1 N–H and O–H groups in total. The van der Waals surface area contributed by atoms with Gasteiger partial charge < -0.3 is 10.2 Å². The van der Waals surface area contributed by atoms with Crippen molar-refractivity contribution in [1.29, 1.82) is 0 Å². The number of nitrogens with zero attached hydrogens (tertiary/aromatic N) is 6. The number of aromatic nitrogens is 4. The molecule has 3 heterocycles. The fourth-order valence-electron chi connectivity index (χ4n) is 3.11. The van der Waals surface area contributed by atoms with E-state index in [2.05, 4.69) is 43.9 Å². The molecule has 0 radical (unpaired) electrons. The standard InChI is InChI=1S/C18H27N7O/c1-4-6-24-13-15(10-20-24)12-23-7-5-8-25-17(14-23)9-16(21-25)11-19-18(26)22(2)3/h4,9-10,13H,1,5-8,11-12,14H2,2-3H3,(H,19,26). The highest BCUT2D eigenvalue weighted by atomic mass is 16.2. The van der Waals surface area contributed by atoms with Gasteiger partial charge in [-0.2, -0.15) is 10.2 Å². The normalized spacial score (nSPS) is 14.5. The summed E-state index contributed by atoms with van der Waals surface area (Å²) >= 11 is 0. The second-order valence-corrected chi connectivity index (χ2v) is 6.83. The van der Waals surface area contributed by atoms with Gasteiger partial charge in [0.15, 0.2) is 0 Å². The SMILES string of the molecule is C=CCn1cc(CN2CCCn3nc(CNC(=O)N(C)C)cc3C2)cn1. The second kappa shape index (κ2) is 8.18. The highest BCUT2D eigenvalue weighted by molar-refractivity contribution is 5.73. The molecule has 0 atom stereocenters. The van der Waals surface area contributed by atoms with Crippen LogP contribution < -0.4 is 5.32 Å². The minimum absolute atomic E-state index is 0.105. The van der Waals surface area contributed by atoms with Crippen molar-refractivity contribution in [1.82, 2.24) is 34.7 Å². The number of urea groups is 1. The van der Waals surface area contributed by atoms with Gasteiger partial charge >= 0.3 is 6.03 Å². The summed E-state index contributed by atoms with van der Waals surface area (Å²) in [5.74, 6) is 0. The van der Waals surface area contributed by atoms with Crippen molar-refractivity contribution < 1.29 is 4.79 Å². The maximum atomic E-state index is 11.7. The number of hydrogen-bond donors (Lipinski definition) is 1. The fourth-order valence-corrected chi connectivity index (χ4v) is 3.11. The number of fused-ring (bicyclic) bond motifs is 1. The first kappa shape index (κ1) is 18.2. The number of aryl methyl sites for hydroxylation is 1. The first-order chi connectivity index (χ1) is 12.5. The van der Waals surface area contributed by atoms with Crippen molar-refractivity contribution in [3.8, 4) is 0 Å². The minimum Gasteiger partial charge on any atom is -0.332 e. The lowest BCUT2D eigenvalue weighted by molar-refractivity contribution is 0.217. The summed E-state index contributed by atoms with van der Waals surface area (Å²) in [7, 11) is 3.46. The van der Waals surface area contributed by atoms with Crippen LogP contribution in [0.3, 0.4) is 0 Å². The number of carbonyl (C=O) groups excluding carboxylic acids is 1. The summed E-state index contributed by atoms with van der Waals surface area (Å²) in [4.78, 5) is 15.6. The number of hydrogen-bond acceptors (Lipinski definition) is 4. The van der Waals surface area contributed by atoms with Gasteiger partial charge in [-0.3, -0.25) is 14.3 Å². The van der Waals surface area contributed by atoms with Gasteiger partial charge in [-0.15, -0.1) is 6.58 Å². The lowest BCUT2D eigenvalue weighted by Gasteiger charge is -2.18. The van der Waals surface area contributed by atoms with Crippen molar-refractivity contribution in [2.45, 2.75) is 39.1 Å². The van der Waals surface area contributed by atoms with Crippen LogP contribution in [0.25, 0.3) is 0 Å². The largest absolute Gasteiger partial charge is 0.332 e. The molecule has 2 amide bonds. The van der Waals surface area contributed by atoms with Crippen molar-refractivity contribution >= 4 is 6.03 Å². The average molecular weight is 357 g/mol. The highest BCUT2D eigenvalue weighted by Crippen LogP contribution is 2.16. The zero-order chi connectivity index (χ0) is 18.5. The van der Waals surface area contributed by atoms with Gasteiger partial charge in [-0.25, -0.2) is 4.79 Å². The average Bonchev–Trinajstić information content (AvgIpc) is 3.15. The number of amides is 2. The van der Waals surface area contributed by atoms with Crippen LogP contribution in [0.1, 0.15) is 23.4 Å². The third kappa shape index (κ3) is 4.51. The molecule has 0 unspecified atom stereocenters. The molecule has 0 aliphatic carbocycles. The summed E-state index contributed by atoms with van der Waals surface area (Å²) in [5, 5.41) is 11.9. The van der Waals surface area contributed by atoms with Crippen molar-refractivity contribution in [2.24, 2.45) is 0 Å². The van der Waals surface area contributed by atoms with Crippen LogP contribution in [0.4, 0.5) is 4.79 Å². The highest BCUT2D eigenvalue weighted by Gasteiger charge is 2.17. The van der Waals surface area contributed by atoms with E-state index >= 15 is 0 Å². The van der Waals surface area contributed by atoms with E-state index in [1.54, 1.807) is 14.1 Å². The van der Waals surface area contributed by atoms with Crippen molar-refractivity contribution in [2.75, 3.05) is 20.6 Å². The van der Waals surface area contributed by atoms with Gasteiger partial charge in [-0.05, 0) is 12.5 Å². The predicted octanol–water partition coefficient (Wildman–Crippen LogP) is 1.44.